The van der Waals surface area contributed by atoms with Crippen LogP contribution in [0.4, 0.5) is 14.4 Å². The van der Waals surface area contributed by atoms with Crippen molar-refractivity contribution in [2.24, 2.45) is 0 Å². The molecular formula is C76H92B2BrI3InN11O10V. The van der Waals surface area contributed by atoms with Crippen LogP contribution in [0.3, 0.4) is 0 Å². The van der Waals surface area contributed by atoms with Gasteiger partial charge in [0, 0.05) is 79.7 Å². The van der Waals surface area contributed by atoms with E-state index >= 15 is 0 Å². The Morgan fingerprint density at radius 2 is 0.895 bits per heavy atom. The maximum atomic E-state index is 12.9. The van der Waals surface area contributed by atoms with Crippen LogP contribution >= 0.6 is 75.9 Å². The molecule has 4 aromatic carbocycles. The first-order valence-electron chi connectivity index (χ1n) is 35.3. The summed E-state index contributed by atoms with van der Waals surface area (Å²) >= 11 is 10.7. The number of hydrogen-bond donors (Lipinski definition) is 3. The number of fused-ring (bicyclic) bond motifs is 2. The SMILES string of the molecule is CC(C)(C)OC(=O)N1CCC[C@H]1c1ncc(-c2ccc(-c3ccc(-c4cnc([C@@H]5CCCN5C(=O)OC(C)(C)C)[nH]4)c4ncccc34)cc2)[nH]1.CC(C)(C)OC(=O)N1CCC[C@H]1c1ncc(Br)[nH]1.CC1OB(c2ccc(-c3ccc(B4OC(C)(C)C(C)(C)O4)c4ncccc34)cc2)OC1C.[I][V]([I])[I].[In]. The fourth-order valence-electron chi connectivity index (χ4n) is 13.2. The Balaban J connectivity index is 0.000000182. The third kappa shape index (κ3) is 20.4. The second kappa shape index (κ2) is 34.7. The zero-order chi connectivity index (χ0) is 74.8. The predicted molar refractivity (Wildman–Crippen MR) is 441 cm³/mol. The Labute approximate surface area is 681 Å². The van der Waals surface area contributed by atoms with Gasteiger partial charge in [-0.2, -0.15) is 0 Å². The number of rotatable bonds is 9. The summed E-state index contributed by atoms with van der Waals surface area (Å²) in [7, 11) is -0.757. The summed E-state index contributed by atoms with van der Waals surface area (Å²) < 4.78 is 42.0. The molecule has 9 aromatic rings. The molecule has 3 N–H and O–H groups in total. The second-order valence-electron chi connectivity index (χ2n) is 30.6. The summed E-state index contributed by atoms with van der Waals surface area (Å²) in [6.45, 7) is 31.3. The molecule has 21 nitrogen and oxygen atoms in total. The molecule has 553 valence electrons. The van der Waals surface area contributed by atoms with E-state index in [-0.39, 0.29) is 86.5 Å². The summed E-state index contributed by atoms with van der Waals surface area (Å²) in [6.07, 6.45) is 13.7. The fourth-order valence-corrected chi connectivity index (χ4v) is 13.6. The first-order chi connectivity index (χ1) is 49.1. The van der Waals surface area contributed by atoms with Gasteiger partial charge in [0.05, 0.1) is 82.5 Å². The Hall–Kier alpha value is -4.77. The van der Waals surface area contributed by atoms with Gasteiger partial charge in [-0.15, -0.1) is 0 Å². The van der Waals surface area contributed by atoms with Gasteiger partial charge in [0.15, 0.2) is 0 Å². The summed E-state index contributed by atoms with van der Waals surface area (Å²) in [5.41, 5.74) is 9.45. The molecule has 14 rings (SSSR count). The number of carbonyl (C=O) groups is 3. The van der Waals surface area contributed by atoms with Crippen LogP contribution in [-0.4, -0.2) is 173 Å². The van der Waals surface area contributed by atoms with E-state index in [4.69, 9.17) is 47.8 Å². The minimum Gasteiger partial charge on any atom is 0 e. The molecule has 3 amide bonds. The van der Waals surface area contributed by atoms with Gasteiger partial charge in [0.1, 0.15) is 38.9 Å². The van der Waals surface area contributed by atoms with Crippen LogP contribution in [0.2, 0.25) is 0 Å². The molecule has 29 heteroatoms. The van der Waals surface area contributed by atoms with Crippen molar-refractivity contribution in [1.29, 1.82) is 0 Å². The molecule has 0 aliphatic carbocycles. The van der Waals surface area contributed by atoms with E-state index in [0.717, 1.165) is 145 Å². The van der Waals surface area contributed by atoms with Gasteiger partial charge in [-0.05, 0) is 210 Å². The Morgan fingerprint density at radius 1 is 0.514 bits per heavy atom. The summed E-state index contributed by atoms with van der Waals surface area (Å²) in [5, 5.41) is 2.10. The van der Waals surface area contributed by atoms with Crippen LogP contribution in [0.15, 0.2) is 133 Å². The number of hydrogen-bond acceptors (Lipinski definition) is 15. The number of nitrogens with zero attached hydrogens (tertiary/aromatic N) is 8. The average Bonchev–Trinajstić information content (AvgIpc) is 1.50. The first kappa shape index (κ1) is 82.7. The van der Waals surface area contributed by atoms with Crippen LogP contribution in [-0.2, 0) is 37.7 Å². The van der Waals surface area contributed by atoms with Crippen molar-refractivity contribution in [2.45, 2.75) is 201 Å². The molecule has 5 aromatic heterocycles. The third-order valence-corrected chi connectivity index (χ3v) is 19.5. The van der Waals surface area contributed by atoms with Gasteiger partial charge in [-0.25, -0.2) is 29.3 Å². The molecule has 0 spiro atoms. The van der Waals surface area contributed by atoms with E-state index < -0.39 is 35.1 Å². The normalized spacial score (nSPS) is 19.9. The summed E-state index contributed by atoms with van der Waals surface area (Å²) in [6, 6.07) is 33.0. The van der Waals surface area contributed by atoms with Gasteiger partial charge in [0.2, 0.25) is 0 Å². The number of pyridine rings is 2. The van der Waals surface area contributed by atoms with Gasteiger partial charge in [-0.3, -0.25) is 24.7 Å². The molecule has 0 saturated carbocycles. The molecule has 5 aliphatic heterocycles. The first-order valence-corrected chi connectivity index (χ1v) is 49.6. The predicted octanol–water partition coefficient (Wildman–Crippen LogP) is 18.1. The molecule has 5 atom stereocenters. The van der Waals surface area contributed by atoms with Crippen molar-refractivity contribution in [3.05, 3.63) is 150 Å². The number of likely N-dealkylation sites (tertiary alicyclic amines) is 3. The number of halogens is 4. The van der Waals surface area contributed by atoms with E-state index in [1.54, 1.807) is 27.1 Å². The van der Waals surface area contributed by atoms with Crippen molar-refractivity contribution < 1.29 is 52.1 Å². The summed E-state index contributed by atoms with van der Waals surface area (Å²) in [5.74, 6) is 2.33. The van der Waals surface area contributed by atoms with Gasteiger partial charge in [0.25, 0.3) is 0 Å². The molecule has 0 bridgehead atoms. The Bertz CT molecular complexity index is 4470. The number of carbonyl (C=O) groups excluding carboxylic acids is 3. The third-order valence-electron chi connectivity index (χ3n) is 19.1. The Kier molecular flexibility index (Phi) is 27.3. The molecule has 3 radical (unpaired) electrons. The van der Waals surface area contributed by atoms with Crippen LogP contribution in [0, 0.1) is 0 Å². The van der Waals surface area contributed by atoms with Crippen LogP contribution in [0.1, 0.15) is 178 Å². The van der Waals surface area contributed by atoms with Crippen molar-refractivity contribution in [2.75, 3.05) is 19.6 Å². The average molecular weight is 1970 g/mol. The maximum Gasteiger partial charge on any atom is 0 e. The van der Waals surface area contributed by atoms with E-state index in [9.17, 15) is 14.4 Å². The zero-order valence-corrected chi connectivity index (χ0v) is 75.0. The van der Waals surface area contributed by atoms with E-state index in [0.29, 0.717) is 13.1 Å². The topological polar surface area (TPSA) is 237 Å². The van der Waals surface area contributed by atoms with Crippen LogP contribution in [0.5, 0.6) is 0 Å². The molecule has 5 fully saturated rings. The molecule has 5 aliphatic rings. The number of imidazole rings is 3. The van der Waals surface area contributed by atoms with Crippen molar-refractivity contribution in [1.82, 2.24) is 54.6 Å². The maximum absolute atomic E-state index is 12.9. The van der Waals surface area contributed by atoms with Crippen LogP contribution < -0.4 is 10.9 Å². The number of aromatic nitrogens is 8. The minimum absolute atomic E-state index is 0. The molecule has 105 heavy (non-hydrogen) atoms. The van der Waals surface area contributed by atoms with Crippen molar-refractivity contribution in [3.63, 3.8) is 0 Å². The summed E-state index contributed by atoms with van der Waals surface area (Å²) in [4.78, 5) is 76.1. The van der Waals surface area contributed by atoms with E-state index in [1.165, 1.54) is 0 Å². The van der Waals surface area contributed by atoms with Gasteiger partial charge >= 0.3 is 97.4 Å². The number of H-pyrrole nitrogens is 3. The molecule has 2 unspecified atom stereocenters. The second-order valence-corrected chi connectivity index (χ2v) is 66.9. The number of amides is 3. The fraction of sp³-hybridized carbons (Fsp3) is 0.447. The molecular weight excluding hydrogens is 1870 g/mol. The number of ether oxygens (including phenoxy) is 3. The number of nitrogens with one attached hydrogen (secondary N) is 3. The zero-order valence-electron chi connectivity index (χ0n) is 62.2. The quantitative estimate of drug-likeness (QED) is 0.0692. The monoisotopic (exact) mass is 1970 g/mol. The van der Waals surface area contributed by atoms with Gasteiger partial charge < -0.3 is 47.8 Å². The van der Waals surface area contributed by atoms with E-state index in [2.05, 4.69) is 213 Å². The largest absolute Gasteiger partial charge is 0 e. The number of benzene rings is 4. The molecule has 10 heterocycles. The van der Waals surface area contributed by atoms with Crippen molar-refractivity contribution in [3.8, 4) is 44.8 Å². The standard InChI is InChI=1S/C39H45N7O4.C25H29B2NO4.C12H18BrN3O2.3HI.In.V/c1-38(2,3)49-36(47)45-20-8-11-31(45)34-41-22-29(43-34)25-15-13-24(14-16-25)26-17-18-28(33-27(26)10-7-19-40-33)30-23-42-35(44-30)32-12-9-21-46(32)37(48)50-39(4,5)6;1-16-17(2)30-26(29-16)19-11-9-18(10-12-19)20-13-14-22(23-21(20)8-7-15-28-23)27-31-24(3,4)25(5,6)32-27;1-12(2,3)18-11(17)16-6-4-5-8(16)10-14-7-9(13)15-10;;;;;/h7,10,13-19,22-23,31-32H,8-9,11-12,20-21H2,1-6H3,(H,41,43)(H,42,44);7-17H,1-6H3;7-8H,4-6H2,1-3H3,(H,14,15);3*1H;;/q;;;;;;;+3/p-3/t31-,32-;;8-;;;;;/m0.0...../s1. The Morgan fingerprint density at radius 3 is 1.34 bits per heavy atom. The van der Waals surface area contributed by atoms with E-state index in [1.807, 2.05) is 107 Å². The minimum atomic E-state index is -0.560. The number of aromatic amines is 3. The van der Waals surface area contributed by atoms with Crippen molar-refractivity contribution >= 4 is 167 Å². The van der Waals surface area contributed by atoms with Gasteiger partial charge in [-0.1, -0.05) is 78.9 Å². The van der Waals surface area contributed by atoms with Crippen LogP contribution in [0.25, 0.3) is 66.6 Å². The molecule has 5 saturated heterocycles. The smallest absolute Gasteiger partial charge is 0 e.